The fourth-order valence-electron chi connectivity index (χ4n) is 2.98. The van der Waals surface area contributed by atoms with Crippen LogP contribution < -0.4 is 0 Å². The van der Waals surface area contributed by atoms with Gasteiger partial charge in [-0.3, -0.25) is 4.90 Å². The summed E-state index contributed by atoms with van der Waals surface area (Å²) in [4.78, 5) is 3.37. The maximum atomic E-state index is 10.8. The summed E-state index contributed by atoms with van der Waals surface area (Å²) in [6, 6.07) is 2.19. The average molecular weight is 244 g/mol. The third-order valence-corrected chi connectivity index (χ3v) is 5.21. The highest BCUT2D eigenvalue weighted by atomic mass is 35.5. The standard InChI is InChI=1S/C11H14ClNOS/c12-8-3-7-15-10(8)11(14)4-6-13-5-1-2-9(11)13/h3,7,9,14H,1-2,4-6H2. The van der Waals surface area contributed by atoms with Crippen molar-refractivity contribution < 1.29 is 5.11 Å². The molecule has 2 nitrogen and oxygen atoms in total. The molecule has 2 unspecified atom stereocenters. The van der Waals surface area contributed by atoms with Crippen molar-refractivity contribution in [2.24, 2.45) is 0 Å². The number of fused-ring (bicyclic) bond motifs is 1. The van der Waals surface area contributed by atoms with Gasteiger partial charge in [0.1, 0.15) is 5.60 Å². The topological polar surface area (TPSA) is 23.5 Å². The first-order chi connectivity index (χ1) is 7.22. The Kier molecular flexibility index (Phi) is 2.32. The highest BCUT2D eigenvalue weighted by Crippen LogP contribution is 2.46. The summed E-state index contributed by atoms with van der Waals surface area (Å²) in [5, 5.41) is 13.5. The van der Waals surface area contributed by atoms with Gasteiger partial charge in [0.15, 0.2) is 0 Å². The Bertz CT molecular complexity index is 380. The molecule has 0 saturated carbocycles. The van der Waals surface area contributed by atoms with Gasteiger partial charge >= 0.3 is 0 Å². The van der Waals surface area contributed by atoms with Gasteiger partial charge in [-0.2, -0.15) is 0 Å². The molecular formula is C11H14ClNOS. The van der Waals surface area contributed by atoms with Gasteiger partial charge in [-0.1, -0.05) is 11.6 Å². The van der Waals surface area contributed by atoms with Gasteiger partial charge in [-0.25, -0.2) is 0 Å². The molecule has 1 N–H and O–H groups in total. The SMILES string of the molecule is OC1(c2sccc2Cl)CCN2CCCC21. The lowest BCUT2D eigenvalue weighted by Gasteiger charge is -2.29. The first-order valence-electron chi connectivity index (χ1n) is 5.42. The number of thiophene rings is 1. The van der Waals surface area contributed by atoms with Crippen molar-refractivity contribution in [3.05, 3.63) is 21.3 Å². The normalized spacial score (nSPS) is 36.0. The van der Waals surface area contributed by atoms with Crippen molar-refractivity contribution in [2.75, 3.05) is 13.1 Å². The van der Waals surface area contributed by atoms with Gasteiger partial charge in [-0.15, -0.1) is 11.3 Å². The van der Waals surface area contributed by atoms with Crippen molar-refractivity contribution in [1.29, 1.82) is 0 Å². The number of hydrogen-bond donors (Lipinski definition) is 1. The fraction of sp³-hybridized carbons (Fsp3) is 0.636. The molecule has 0 aliphatic carbocycles. The fourth-order valence-corrected chi connectivity index (χ4v) is 4.38. The Morgan fingerprint density at radius 3 is 3.13 bits per heavy atom. The minimum absolute atomic E-state index is 0.300. The predicted molar refractivity (Wildman–Crippen MR) is 62.4 cm³/mol. The summed E-state index contributed by atoms with van der Waals surface area (Å²) >= 11 is 7.72. The van der Waals surface area contributed by atoms with Gasteiger partial charge in [0.05, 0.1) is 9.90 Å². The second kappa shape index (κ2) is 3.45. The first kappa shape index (κ1) is 10.1. The summed E-state index contributed by atoms with van der Waals surface area (Å²) in [6.07, 6.45) is 3.14. The summed E-state index contributed by atoms with van der Waals surface area (Å²) < 4.78 is 0. The van der Waals surface area contributed by atoms with E-state index in [0.717, 1.165) is 35.8 Å². The van der Waals surface area contributed by atoms with Crippen LogP contribution in [0.1, 0.15) is 24.1 Å². The molecule has 0 aromatic carbocycles. The van der Waals surface area contributed by atoms with Gasteiger partial charge < -0.3 is 5.11 Å². The zero-order valence-electron chi connectivity index (χ0n) is 8.45. The molecule has 2 aliphatic rings. The van der Waals surface area contributed by atoms with Crippen LogP contribution in [0.2, 0.25) is 5.02 Å². The van der Waals surface area contributed by atoms with E-state index in [2.05, 4.69) is 4.90 Å². The molecule has 4 heteroatoms. The smallest absolute Gasteiger partial charge is 0.117 e. The molecule has 2 aliphatic heterocycles. The van der Waals surface area contributed by atoms with Crippen LogP contribution in [0.15, 0.2) is 11.4 Å². The third-order valence-electron chi connectivity index (χ3n) is 3.71. The number of nitrogens with zero attached hydrogens (tertiary/aromatic N) is 1. The van der Waals surface area contributed by atoms with E-state index in [1.807, 2.05) is 11.4 Å². The first-order valence-corrected chi connectivity index (χ1v) is 6.67. The van der Waals surface area contributed by atoms with Crippen LogP contribution in [0.3, 0.4) is 0 Å². The monoisotopic (exact) mass is 243 g/mol. The molecular weight excluding hydrogens is 230 g/mol. The number of aliphatic hydroxyl groups is 1. The maximum absolute atomic E-state index is 10.8. The molecule has 15 heavy (non-hydrogen) atoms. The molecule has 1 aromatic rings. The summed E-state index contributed by atoms with van der Waals surface area (Å²) in [7, 11) is 0. The Balaban J connectivity index is 2.00. The zero-order chi connectivity index (χ0) is 10.5. The average Bonchev–Trinajstić information content (AvgIpc) is 2.85. The molecule has 0 radical (unpaired) electrons. The molecule has 82 valence electrons. The van der Waals surface area contributed by atoms with Crippen LogP contribution in [0.5, 0.6) is 0 Å². The van der Waals surface area contributed by atoms with Gasteiger partial charge in [-0.05, 0) is 37.3 Å². The molecule has 0 bridgehead atoms. The van der Waals surface area contributed by atoms with Crippen LogP contribution in [-0.2, 0) is 5.60 Å². The van der Waals surface area contributed by atoms with Crippen molar-refractivity contribution in [3.63, 3.8) is 0 Å². The second-order valence-electron chi connectivity index (χ2n) is 4.47. The molecule has 2 fully saturated rings. The molecule has 1 aromatic heterocycles. The van der Waals surface area contributed by atoms with E-state index in [9.17, 15) is 5.11 Å². The highest BCUT2D eigenvalue weighted by molar-refractivity contribution is 7.10. The minimum atomic E-state index is -0.679. The molecule has 0 spiro atoms. The van der Waals surface area contributed by atoms with Crippen LogP contribution in [0.25, 0.3) is 0 Å². The van der Waals surface area contributed by atoms with E-state index in [1.165, 1.54) is 6.42 Å². The van der Waals surface area contributed by atoms with Crippen LogP contribution in [0, 0.1) is 0 Å². The van der Waals surface area contributed by atoms with E-state index in [4.69, 9.17) is 11.6 Å². The lowest BCUT2D eigenvalue weighted by molar-refractivity contribution is 0.0129. The van der Waals surface area contributed by atoms with E-state index >= 15 is 0 Å². The molecule has 3 heterocycles. The Hall–Kier alpha value is -0.0900. The highest BCUT2D eigenvalue weighted by Gasteiger charge is 2.50. The zero-order valence-corrected chi connectivity index (χ0v) is 10.0. The van der Waals surface area contributed by atoms with Gasteiger partial charge in [0.25, 0.3) is 0 Å². The van der Waals surface area contributed by atoms with E-state index in [1.54, 1.807) is 11.3 Å². The summed E-state index contributed by atoms with van der Waals surface area (Å²) in [5.74, 6) is 0. The number of halogens is 1. The lowest BCUT2D eigenvalue weighted by atomic mass is 9.91. The van der Waals surface area contributed by atoms with Crippen LogP contribution in [-0.4, -0.2) is 29.1 Å². The summed E-state index contributed by atoms with van der Waals surface area (Å²) in [5.41, 5.74) is -0.679. The van der Waals surface area contributed by atoms with Crippen molar-refractivity contribution in [2.45, 2.75) is 30.9 Å². The molecule has 2 atom stereocenters. The maximum Gasteiger partial charge on any atom is 0.117 e. The second-order valence-corrected chi connectivity index (χ2v) is 5.79. The van der Waals surface area contributed by atoms with Gasteiger partial charge in [0, 0.05) is 12.6 Å². The minimum Gasteiger partial charge on any atom is -0.383 e. The van der Waals surface area contributed by atoms with E-state index in [-0.39, 0.29) is 0 Å². The predicted octanol–water partition coefficient (Wildman–Crippen LogP) is 2.46. The van der Waals surface area contributed by atoms with Crippen molar-refractivity contribution in [1.82, 2.24) is 4.90 Å². The van der Waals surface area contributed by atoms with Crippen LogP contribution >= 0.6 is 22.9 Å². The Labute approximate surface area is 98.5 Å². The van der Waals surface area contributed by atoms with Crippen molar-refractivity contribution in [3.8, 4) is 0 Å². The lowest BCUT2D eigenvalue weighted by Crippen LogP contribution is -2.38. The van der Waals surface area contributed by atoms with Crippen molar-refractivity contribution >= 4 is 22.9 Å². The largest absolute Gasteiger partial charge is 0.383 e. The quantitative estimate of drug-likeness (QED) is 0.819. The summed E-state index contributed by atoms with van der Waals surface area (Å²) in [6.45, 7) is 2.14. The third kappa shape index (κ3) is 1.37. The Morgan fingerprint density at radius 1 is 1.53 bits per heavy atom. The number of rotatable bonds is 1. The Morgan fingerprint density at radius 2 is 2.40 bits per heavy atom. The molecule has 3 rings (SSSR count). The van der Waals surface area contributed by atoms with Crippen LogP contribution in [0.4, 0.5) is 0 Å². The van der Waals surface area contributed by atoms with E-state index in [0.29, 0.717) is 6.04 Å². The number of hydrogen-bond acceptors (Lipinski definition) is 3. The van der Waals surface area contributed by atoms with Gasteiger partial charge in [0.2, 0.25) is 0 Å². The molecule has 0 amide bonds. The van der Waals surface area contributed by atoms with E-state index < -0.39 is 5.60 Å². The molecule has 2 saturated heterocycles.